The second-order valence-electron chi connectivity index (χ2n) is 4.46. The monoisotopic (exact) mass is 243 g/mol. The number of carbonyl (C=O) groups is 1. The van der Waals surface area contributed by atoms with Crippen LogP contribution in [-0.4, -0.2) is 29.3 Å². The van der Waals surface area contributed by atoms with E-state index in [2.05, 4.69) is 24.0 Å². The molecule has 1 aromatic rings. The molecule has 0 spiro atoms. The van der Waals surface area contributed by atoms with E-state index in [4.69, 9.17) is 0 Å². The van der Waals surface area contributed by atoms with E-state index < -0.39 is 0 Å². The Morgan fingerprint density at radius 3 is 2.89 bits per heavy atom. The molecule has 2 rings (SSSR count). The molecule has 1 atom stereocenters. The molecule has 1 aliphatic heterocycles. The number of hydrogen-bond donors (Lipinski definition) is 1. The van der Waals surface area contributed by atoms with Crippen molar-refractivity contribution in [3.63, 3.8) is 0 Å². The fraction of sp³-hybridized carbons (Fsp3) is 0.333. The smallest absolute Gasteiger partial charge is 0.298 e. The first-order chi connectivity index (χ1) is 8.81. The third-order valence-electron chi connectivity index (χ3n) is 3.11. The molecule has 1 aliphatic rings. The van der Waals surface area contributed by atoms with Crippen LogP contribution in [0.15, 0.2) is 43.0 Å². The van der Waals surface area contributed by atoms with E-state index in [-0.39, 0.29) is 11.9 Å². The zero-order valence-corrected chi connectivity index (χ0v) is 10.5. The summed E-state index contributed by atoms with van der Waals surface area (Å²) in [7, 11) is 0. The Balaban J connectivity index is 1.92. The standard InChI is InChI=1S/C15H19N2O/c1-2-10-17-11-6-9-14(15(17)18)16-12-13-7-4-3-5-8-13/h2-5,7-8,11,14,16H,1,6,9-10,12H2/q+1/t14-/m0/s1. The van der Waals surface area contributed by atoms with Crippen LogP contribution in [0.2, 0.25) is 0 Å². The van der Waals surface area contributed by atoms with Crippen molar-refractivity contribution in [2.24, 2.45) is 0 Å². The van der Waals surface area contributed by atoms with E-state index in [9.17, 15) is 4.79 Å². The van der Waals surface area contributed by atoms with E-state index in [1.165, 1.54) is 5.56 Å². The van der Waals surface area contributed by atoms with Gasteiger partial charge in [0.2, 0.25) is 0 Å². The molecule has 0 bridgehead atoms. The minimum Gasteiger partial charge on any atom is -0.298 e. The first kappa shape index (κ1) is 12.7. The van der Waals surface area contributed by atoms with Crippen LogP contribution in [0.25, 0.3) is 0 Å². The number of amides is 1. The maximum absolute atomic E-state index is 12.1. The van der Waals surface area contributed by atoms with Gasteiger partial charge in [-0.05, 0) is 18.1 Å². The zero-order chi connectivity index (χ0) is 12.8. The van der Waals surface area contributed by atoms with Crippen LogP contribution >= 0.6 is 0 Å². The van der Waals surface area contributed by atoms with Gasteiger partial charge >= 0.3 is 5.91 Å². The average Bonchev–Trinajstić information content (AvgIpc) is 2.41. The SMILES string of the molecule is C=CC[N+]1=CCC[C@H](NCc2ccccc2)C1=O. The van der Waals surface area contributed by atoms with Gasteiger partial charge in [0, 0.05) is 13.0 Å². The maximum Gasteiger partial charge on any atom is 0.403 e. The van der Waals surface area contributed by atoms with Crippen molar-refractivity contribution in [1.82, 2.24) is 5.32 Å². The lowest BCUT2D eigenvalue weighted by molar-refractivity contribution is -0.440. The lowest BCUT2D eigenvalue weighted by Crippen LogP contribution is -2.45. The van der Waals surface area contributed by atoms with Gasteiger partial charge in [0.25, 0.3) is 0 Å². The molecule has 0 aromatic heterocycles. The lowest BCUT2D eigenvalue weighted by Gasteiger charge is -2.17. The Bertz CT molecular complexity index is 451. The summed E-state index contributed by atoms with van der Waals surface area (Å²) in [6.45, 7) is 5.01. The third-order valence-corrected chi connectivity index (χ3v) is 3.11. The molecule has 0 aliphatic carbocycles. The van der Waals surface area contributed by atoms with Gasteiger partial charge in [-0.2, -0.15) is 4.58 Å². The predicted octanol–water partition coefficient (Wildman–Crippen LogP) is 1.73. The van der Waals surface area contributed by atoms with Crippen molar-refractivity contribution in [1.29, 1.82) is 0 Å². The van der Waals surface area contributed by atoms with Crippen molar-refractivity contribution in [3.05, 3.63) is 48.6 Å². The molecule has 1 aromatic carbocycles. The molecule has 0 radical (unpaired) electrons. The van der Waals surface area contributed by atoms with Crippen LogP contribution in [0.1, 0.15) is 18.4 Å². The highest BCUT2D eigenvalue weighted by atomic mass is 16.2. The fourth-order valence-electron chi connectivity index (χ4n) is 2.14. The van der Waals surface area contributed by atoms with E-state index >= 15 is 0 Å². The second kappa shape index (κ2) is 6.26. The predicted molar refractivity (Wildman–Crippen MR) is 72.7 cm³/mol. The summed E-state index contributed by atoms with van der Waals surface area (Å²) in [4.78, 5) is 12.1. The Labute approximate surface area is 108 Å². The van der Waals surface area contributed by atoms with E-state index in [1.54, 1.807) is 10.7 Å². The fourth-order valence-corrected chi connectivity index (χ4v) is 2.14. The third kappa shape index (κ3) is 3.14. The van der Waals surface area contributed by atoms with Gasteiger partial charge in [-0.1, -0.05) is 36.9 Å². The molecule has 0 saturated carbocycles. The molecule has 0 unspecified atom stereocenters. The highest BCUT2D eigenvalue weighted by Crippen LogP contribution is 2.06. The number of nitrogens with zero attached hydrogens (tertiary/aromatic N) is 1. The average molecular weight is 243 g/mol. The Morgan fingerprint density at radius 2 is 2.17 bits per heavy atom. The maximum atomic E-state index is 12.1. The Hall–Kier alpha value is -1.74. The molecule has 0 saturated heterocycles. The van der Waals surface area contributed by atoms with Gasteiger partial charge in [0.1, 0.15) is 12.3 Å². The van der Waals surface area contributed by atoms with Gasteiger partial charge in [-0.25, -0.2) is 4.79 Å². The summed E-state index contributed by atoms with van der Waals surface area (Å²) in [5.41, 5.74) is 1.20. The number of carbonyl (C=O) groups excluding carboxylic acids is 1. The highest BCUT2D eigenvalue weighted by molar-refractivity contribution is 5.80. The van der Waals surface area contributed by atoms with Crippen molar-refractivity contribution < 1.29 is 9.37 Å². The van der Waals surface area contributed by atoms with Crippen molar-refractivity contribution >= 4 is 12.1 Å². The highest BCUT2D eigenvalue weighted by Gasteiger charge is 2.30. The zero-order valence-electron chi connectivity index (χ0n) is 10.5. The van der Waals surface area contributed by atoms with E-state index in [0.29, 0.717) is 6.54 Å². The van der Waals surface area contributed by atoms with E-state index in [0.717, 1.165) is 19.4 Å². The summed E-state index contributed by atoms with van der Waals surface area (Å²) in [5.74, 6) is 0.150. The summed E-state index contributed by atoms with van der Waals surface area (Å²) >= 11 is 0. The molecule has 1 amide bonds. The summed E-state index contributed by atoms with van der Waals surface area (Å²) < 4.78 is 1.75. The minimum absolute atomic E-state index is 0.0739. The summed E-state index contributed by atoms with van der Waals surface area (Å²) in [6, 6.07) is 10.1. The van der Waals surface area contributed by atoms with E-state index in [1.807, 2.05) is 24.4 Å². The molecule has 3 heteroatoms. The van der Waals surface area contributed by atoms with Crippen LogP contribution in [0.4, 0.5) is 0 Å². The lowest BCUT2D eigenvalue weighted by atomic mass is 10.1. The van der Waals surface area contributed by atoms with Crippen LogP contribution in [-0.2, 0) is 11.3 Å². The summed E-state index contributed by atoms with van der Waals surface area (Å²) in [5, 5.41) is 3.33. The Kier molecular flexibility index (Phi) is 4.42. The molecule has 18 heavy (non-hydrogen) atoms. The molecule has 1 N–H and O–H groups in total. The van der Waals surface area contributed by atoms with Crippen molar-refractivity contribution in [3.8, 4) is 0 Å². The molecular formula is C15H19N2O+. The number of benzene rings is 1. The van der Waals surface area contributed by atoms with Gasteiger partial charge in [0.05, 0.1) is 0 Å². The van der Waals surface area contributed by atoms with Crippen LogP contribution < -0.4 is 5.32 Å². The van der Waals surface area contributed by atoms with Crippen LogP contribution in [0.3, 0.4) is 0 Å². The molecule has 3 nitrogen and oxygen atoms in total. The van der Waals surface area contributed by atoms with Gasteiger partial charge < -0.3 is 0 Å². The van der Waals surface area contributed by atoms with Gasteiger partial charge in [-0.3, -0.25) is 5.32 Å². The van der Waals surface area contributed by atoms with Gasteiger partial charge in [0.15, 0.2) is 6.54 Å². The second-order valence-corrected chi connectivity index (χ2v) is 4.46. The van der Waals surface area contributed by atoms with Crippen LogP contribution in [0, 0.1) is 0 Å². The normalized spacial score (nSPS) is 19.4. The molecular weight excluding hydrogens is 224 g/mol. The molecule has 0 fully saturated rings. The van der Waals surface area contributed by atoms with Crippen LogP contribution in [0.5, 0.6) is 0 Å². The number of nitrogens with one attached hydrogen (secondary N) is 1. The topological polar surface area (TPSA) is 32.1 Å². The number of rotatable bonds is 5. The first-order valence-electron chi connectivity index (χ1n) is 6.33. The largest absolute Gasteiger partial charge is 0.403 e. The minimum atomic E-state index is -0.0739. The molecule has 94 valence electrons. The number of hydrogen-bond acceptors (Lipinski definition) is 2. The Morgan fingerprint density at radius 1 is 1.39 bits per heavy atom. The van der Waals surface area contributed by atoms with Crippen molar-refractivity contribution in [2.75, 3.05) is 6.54 Å². The molecule has 1 heterocycles. The quantitative estimate of drug-likeness (QED) is 0.631. The van der Waals surface area contributed by atoms with Gasteiger partial charge in [-0.15, -0.1) is 0 Å². The summed E-state index contributed by atoms with van der Waals surface area (Å²) in [6.07, 6.45) is 5.53. The first-order valence-corrected chi connectivity index (χ1v) is 6.33. The van der Waals surface area contributed by atoms with Crippen molar-refractivity contribution in [2.45, 2.75) is 25.4 Å².